The van der Waals surface area contributed by atoms with Crippen LogP contribution in [0.3, 0.4) is 0 Å². The van der Waals surface area contributed by atoms with Crippen LogP contribution in [-0.2, 0) is 35.7 Å². The summed E-state index contributed by atoms with van der Waals surface area (Å²) in [6, 6.07) is 4.93. The molecular formula is C20H26N8O9S. The molecule has 1 aromatic heterocycles. The number of nitrogens with zero attached hydrogens (tertiary/aromatic N) is 5. The van der Waals surface area contributed by atoms with Crippen LogP contribution in [0, 0.1) is 0 Å². The fourth-order valence-electron chi connectivity index (χ4n) is 3.88. The molecule has 4 rings (SSSR count). The second-order valence-electron chi connectivity index (χ2n) is 7.76. The van der Waals surface area contributed by atoms with Crippen molar-refractivity contribution in [2.24, 2.45) is 7.05 Å². The van der Waals surface area contributed by atoms with Crippen LogP contribution in [0.4, 0.5) is 0 Å². The highest BCUT2D eigenvalue weighted by Crippen LogP contribution is 2.41. The smallest absolute Gasteiger partial charge is 0.352 e. The first-order chi connectivity index (χ1) is 17.1. The lowest BCUT2D eigenvalue weighted by molar-refractivity contribution is -0.258. The number of fused-ring (bicyclic) bond motifs is 1. The highest BCUT2D eigenvalue weighted by molar-refractivity contribution is 7.99. The third kappa shape index (κ3) is 5.02. The lowest BCUT2D eigenvalue weighted by atomic mass is 9.92. The molecule has 38 heavy (non-hydrogen) atoms. The summed E-state index contributed by atoms with van der Waals surface area (Å²) < 4.78 is 12.4. The summed E-state index contributed by atoms with van der Waals surface area (Å²) in [6.45, 7) is -0.213. The molecule has 10 N–H and O–H groups in total. The van der Waals surface area contributed by atoms with Gasteiger partial charge in [0.15, 0.2) is 12.1 Å². The standard InChI is InChI=1S/C20H20N6O9S.2H3N/c1-25-19(22-23-24-25)36-8-10-7-35-18-20(34-2,17(33)26(18)13(10)16(31)32)21-14(28)12(15(29)30)9-3-5-11(27)6-4-9;;/h3-6,12,18,27H,7-8H2,1-2H3,(H,21,28)(H,29,30)(H,31,32);2*1H3/t12-,18-,20+;;/m1../s1. The molecule has 2 amide bonds. The van der Waals surface area contributed by atoms with Crippen molar-refractivity contribution in [3.8, 4) is 5.75 Å². The number of carboxylic acids is 2. The van der Waals surface area contributed by atoms with E-state index in [9.17, 15) is 34.5 Å². The van der Waals surface area contributed by atoms with Crippen LogP contribution < -0.4 is 17.6 Å². The zero-order valence-electron chi connectivity index (χ0n) is 20.2. The summed E-state index contributed by atoms with van der Waals surface area (Å²) in [7, 11) is 2.71. The molecule has 2 aromatic rings. The first-order valence-corrected chi connectivity index (χ1v) is 11.2. The number of carbonyl (C=O) groups is 4. The fourth-order valence-corrected chi connectivity index (χ4v) is 4.72. The van der Waals surface area contributed by atoms with Crippen molar-refractivity contribution in [2.45, 2.75) is 23.0 Å². The molecule has 0 spiro atoms. The second kappa shape index (κ2) is 11.5. The molecular weight excluding hydrogens is 528 g/mol. The number of aliphatic carboxylic acids is 2. The number of rotatable bonds is 9. The molecule has 17 nitrogen and oxygen atoms in total. The van der Waals surface area contributed by atoms with Gasteiger partial charge in [0.2, 0.25) is 11.1 Å². The van der Waals surface area contributed by atoms with Crippen molar-refractivity contribution in [2.75, 3.05) is 19.5 Å². The molecule has 1 fully saturated rings. The SMILES string of the molecule is CO[C@@]1(NC(=O)[C@H](C(=O)O)c2ccc(O)cc2)C(=O)N2C(C(=O)O)=C(CSc3nnnn3C)CO[C@@H]21.N.N. The van der Waals surface area contributed by atoms with Gasteiger partial charge in [-0.3, -0.25) is 19.3 Å². The van der Waals surface area contributed by atoms with Crippen molar-refractivity contribution in [3.05, 3.63) is 41.1 Å². The number of thioether (sulfide) groups is 1. The van der Waals surface area contributed by atoms with E-state index in [0.29, 0.717) is 5.16 Å². The maximum atomic E-state index is 13.2. The molecule has 0 unspecified atom stereocenters. The van der Waals surface area contributed by atoms with Gasteiger partial charge in [0.25, 0.3) is 11.6 Å². The molecule has 2 aliphatic heterocycles. The molecule has 1 saturated heterocycles. The number of amides is 2. The number of nitrogens with one attached hydrogen (secondary N) is 1. The predicted octanol–water partition coefficient (Wildman–Crippen LogP) is -0.804. The van der Waals surface area contributed by atoms with Gasteiger partial charge < -0.3 is 42.4 Å². The van der Waals surface area contributed by atoms with Gasteiger partial charge in [-0.05, 0) is 33.7 Å². The number of tetrazole rings is 1. The Balaban J connectivity index is 0.00000253. The molecule has 3 atom stereocenters. The van der Waals surface area contributed by atoms with Crippen molar-refractivity contribution in [1.82, 2.24) is 42.7 Å². The van der Waals surface area contributed by atoms with Gasteiger partial charge in [-0.15, -0.1) is 5.10 Å². The van der Waals surface area contributed by atoms with E-state index in [4.69, 9.17) is 9.47 Å². The summed E-state index contributed by atoms with van der Waals surface area (Å²) in [6.07, 6.45) is -1.36. The minimum absolute atomic E-state index is 0. The van der Waals surface area contributed by atoms with Crippen LogP contribution in [-0.4, -0.2) is 95.6 Å². The topological polar surface area (TPSA) is 276 Å². The number of hydrogen-bond acceptors (Lipinski definition) is 13. The van der Waals surface area contributed by atoms with Crippen LogP contribution in [0.15, 0.2) is 40.7 Å². The molecule has 206 valence electrons. The number of carboxylic acid groups (broad SMARTS) is 2. The van der Waals surface area contributed by atoms with Gasteiger partial charge in [-0.2, -0.15) is 0 Å². The number of carbonyl (C=O) groups excluding carboxylic acids is 2. The van der Waals surface area contributed by atoms with Crippen LogP contribution in [0.5, 0.6) is 5.75 Å². The third-order valence-corrected chi connectivity index (χ3v) is 6.73. The minimum Gasteiger partial charge on any atom is -0.508 e. The Morgan fingerprint density at radius 2 is 1.92 bits per heavy atom. The van der Waals surface area contributed by atoms with Crippen molar-refractivity contribution in [1.29, 1.82) is 0 Å². The lowest BCUT2D eigenvalue weighted by Gasteiger charge is -2.55. The highest BCUT2D eigenvalue weighted by Gasteiger charge is 2.68. The maximum Gasteiger partial charge on any atom is 0.352 e. The van der Waals surface area contributed by atoms with Gasteiger partial charge in [-0.1, -0.05) is 23.9 Å². The molecule has 18 heteroatoms. The van der Waals surface area contributed by atoms with Crippen LogP contribution >= 0.6 is 11.8 Å². The summed E-state index contributed by atoms with van der Waals surface area (Å²) in [5, 5.41) is 42.6. The van der Waals surface area contributed by atoms with Crippen LogP contribution in [0.25, 0.3) is 0 Å². The monoisotopic (exact) mass is 554 g/mol. The summed E-state index contributed by atoms with van der Waals surface area (Å²) in [5.41, 5.74) is -2.17. The van der Waals surface area contributed by atoms with Gasteiger partial charge in [0.1, 0.15) is 11.4 Å². The van der Waals surface area contributed by atoms with E-state index in [1.54, 1.807) is 7.05 Å². The van der Waals surface area contributed by atoms with Gasteiger partial charge >= 0.3 is 11.9 Å². The molecule has 2 aliphatic rings. The Labute approximate surface area is 218 Å². The molecule has 3 heterocycles. The highest BCUT2D eigenvalue weighted by atomic mass is 32.2. The van der Waals surface area contributed by atoms with E-state index in [2.05, 4.69) is 20.8 Å². The van der Waals surface area contributed by atoms with E-state index in [1.165, 1.54) is 28.9 Å². The minimum atomic E-state index is -2.14. The second-order valence-corrected chi connectivity index (χ2v) is 8.70. The number of phenols is 1. The van der Waals surface area contributed by atoms with Gasteiger partial charge in [0, 0.05) is 19.9 Å². The van der Waals surface area contributed by atoms with Crippen molar-refractivity contribution in [3.63, 3.8) is 0 Å². The van der Waals surface area contributed by atoms with Gasteiger partial charge in [0.05, 0.1) is 6.61 Å². The number of methoxy groups -OCH3 is 1. The summed E-state index contributed by atoms with van der Waals surface area (Å²) in [5.74, 6) is -6.73. The molecule has 0 bridgehead atoms. The zero-order valence-corrected chi connectivity index (χ0v) is 21.0. The number of β-lactam (4-membered cyclic amide) rings is 1. The normalized spacial score (nSPS) is 20.8. The summed E-state index contributed by atoms with van der Waals surface area (Å²) >= 11 is 1.14. The average Bonchev–Trinajstić information content (AvgIpc) is 3.25. The molecule has 0 saturated carbocycles. The van der Waals surface area contributed by atoms with E-state index in [1.807, 2.05) is 0 Å². The number of aromatic nitrogens is 4. The Hall–Kier alpha value is -4.10. The van der Waals surface area contributed by atoms with Crippen molar-refractivity contribution < 1.29 is 44.0 Å². The Morgan fingerprint density at radius 3 is 2.45 bits per heavy atom. The quantitative estimate of drug-likeness (QED) is 0.0957. The number of phenolic OH excluding ortho intramolecular Hbond substituents is 1. The number of hydrogen-bond donors (Lipinski definition) is 6. The van der Waals surface area contributed by atoms with E-state index < -0.39 is 41.6 Å². The van der Waals surface area contributed by atoms with Crippen LogP contribution in [0.2, 0.25) is 0 Å². The van der Waals surface area contributed by atoms with Crippen LogP contribution in [0.1, 0.15) is 11.5 Å². The molecule has 0 aliphatic carbocycles. The van der Waals surface area contributed by atoms with E-state index in [0.717, 1.165) is 23.8 Å². The number of benzene rings is 1. The Bertz CT molecular complexity index is 1270. The number of aryl methyl sites for hydroxylation is 1. The first-order valence-electron chi connectivity index (χ1n) is 10.2. The number of aromatic hydroxyl groups is 1. The van der Waals surface area contributed by atoms with Crippen molar-refractivity contribution >= 4 is 35.5 Å². The van der Waals surface area contributed by atoms with Gasteiger partial charge in [-0.25, -0.2) is 9.48 Å². The Kier molecular flexibility index (Phi) is 9.14. The van der Waals surface area contributed by atoms with E-state index >= 15 is 0 Å². The average molecular weight is 555 g/mol. The first kappa shape index (κ1) is 30.1. The molecule has 0 radical (unpaired) electrons. The fraction of sp³-hybridized carbons (Fsp3) is 0.350. The maximum absolute atomic E-state index is 13.2. The zero-order chi connectivity index (χ0) is 26.2. The lowest BCUT2D eigenvalue weighted by Crippen LogP contribution is -2.82. The third-order valence-electron chi connectivity index (χ3n) is 5.64. The predicted molar refractivity (Wildman–Crippen MR) is 127 cm³/mol. The number of ether oxygens (including phenoxy) is 2. The summed E-state index contributed by atoms with van der Waals surface area (Å²) in [4.78, 5) is 51.0. The Morgan fingerprint density at radius 1 is 1.26 bits per heavy atom. The molecule has 1 aromatic carbocycles. The van der Waals surface area contributed by atoms with E-state index in [-0.39, 0.29) is 47.2 Å². The largest absolute Gasteiger partial charge is 0.508 e.